The first kappa shape index (κ1) is 13.8. The van der Waals surface area contributed by atoms with Crippen LogP contribution in [0.25, 0.3) is 0 Å². The van der Waals surface area contributed by atoms with Gasteiger partial charge >= 0.3 is 5.97 Å². The molecule has 1 aromatic carbocycles. The quantitative estimate of drug-likeness (QED) is 0.848. The number of carboxylic acid groups (broad SMARTS) is 1. The molecule has 2 unspecified atom stereocenters. The summed E-state index contributed by atoms with van der Waals surface area (Å²) in [5, 5.41) is 14.3. The van der Waals surface area contributed by atoms with Crippen molar-refractivity contribution < 1.29 is 18.3 Å². The van der Waals surface area contributed by atoms with Crippen LogP contribution in [0.5, 0.6) is 0 Å². The molecule has 0 aromatic heterocycles. The Morgan fingerprint density at radius 2 is 1.95 bits per heavy atom. The van der Waals surface area contributed by atoms with Gasteiger partial charge in [-0.1, -0.05) is 6.92 Å². The van der Waals surface area contributed by atoms with Crippen LogP contribution in [0.1, 0.15) is 13.3 Å². The van der Waals surface area contributed by atoms with Crippen LogP contribution in [0, 0.1) is 5.92 Å². The first-order valence-electron chi connectivity index (χ1n) is 5.93. The van der Waals surface area contributed by atoms with E-state index in [2.05, 4.69) is 0 Å². The number of carbonyl (C=O) groups is 1. The minimum atomic E-state index is -3.72. The van der Waals surface area contributed by atoms with Crippen molar-refractivity contribution in [3.05, 3.63) is 24.3 Å². The van der Waals surface area contributed by atoms with Gasteiger partial charge in [-0.2, -0.15) is 0 Å². The summed E-state index contributed by atoms with van der Waals surface area (Å²) in [6, 6.07) is 5.40. The number of hydrogen-bond acceptors (Lipinski definition) is 4. The predicted molar refractivity (Wildman–Crippen MR) is 70.4 cm³/mol. The molecule has 0 bridgehead atoms. The fourth-order valence-electron chi connectivity index (χ4n) is 2.44. The van der Waals surface area contributed by atoms with Gasteiger partial charge in [0.2, 0.25) is 10.0 Å². The SMILES string of the molecule is CC1CCN(c2ccc(S(N)(=O)=O)cc2)C1C(=O)O. The lowest BCUT2D eigenvalue weighted by atomic mass is 10.0. The predicted octanol–water partition coefficient (Wildman–Crippen LogP) is 0.633. The average Bonchev–Trinajstić information content (AvgIpc) is 2.70. The third kappa shape index (κ3) is 2.71. The van der Waals surface area contributed by atoms with Gasteiger partial charge in [0.25, 0.3) is 0 Å². The van der Waals surface area contributed by atoms with E-state index in [9.17, 15) is 18.3 Å². The molecule has 0 aliphatic carbocycles. The highest BCUT2D eigenvalue weighted by molar-refractivity contribution is 7.89. The Kier molecular flexibility index (Phi) is 3.51. The summed E-state index contributed by atoms with van der Waals surface area (Å²) in [4.78, 5) is 13.1. The number of hydrogen-bond donors (Lipinski definition) is 2. The topological polar surface area (TPSA) is 101 Å². The van der Waals surface area contributed by atoms with E-state index in [-0.39, 0.29) is 10.8 Å². The minimum absolute atomic E-state index is 0.0235. The Hall–Kier alpha value is -1.60. The van der Waals surface area contributed by atoms with Gasteiger partial charge in [-0.05, 0) is 36.6 Å². The van der Waals surface area contributed by atoms with E-state index in [1.807, 2.05) is 6.92 Å². The van der Waals surface area contributed by atoms with E-state index in [0.29, 0.717) is 12.2 Å². The molecule has 1 aliphatic rings. The molecule has 2 rings (SSSR count). The Morgan fingerprint density at radius 3 is 2.42 bits per heavy atom. The molecule has 0 radical (unpaired) electrons. The molecular formula is C12H16N2O4S. The molecule has 1 fully saturated rings. The van der Waals surface area contributed by atoms with Crippen LogP contribution in [0.3, 0.4) is 0 Å². The Morgan fingerprint density at radius 1 is 1.37 bits per heavy atom. The van der Waals surface area contributed by atoms with E-state index in [0.717, 1.165) is 6.42 Å². The molecule has 1 aromatic rings. The van der Waals surface area contributed by atoms with Crippen molar-refractivity contribution in [2.45, 2.75) is 24.3 Å². The normalized spacial score (nSPS) is 23.6. The monoisotopic (exact) mass is 284 g/mol. The lowest BCUT2D eigenvalue weighted by molar-refractivity contribution is -0.139. The maximum absolute atomic E-state index is 11.3. The van der Waals surface area contributed by atoms with Crippen molar-refractivity contribution in [1.29, 1.82) is 0 Å². The molecule has 2 atom stereocenters. The van der Waals surface area contributed by atoms with Crippen LogP contribution in [0.2, 0.25) is 0 Å². The number of rotatable bonds is 3. The van der Waals surface area contributed by atoms with E-state index >= 15 is 0 Å². The van der Waals surface area contributed by atoms with Gasteiger partial charge in [0.1, 0.15) is 6.04 Å². The first-order valence-corrected chi connectivity index (χ1v) is 7.47. The summed E-state index contributed by atoms with van der Waals surface area (Å²) in [6.45, 7) is 2.55. The highest BCUT2D eigenvalue weighted by Crippen LogP contribution is 2.30. The number of nitrogens with two attached hydrogens (primary N) is 1. The van der Waals surface area contributed by atoms with Crippen LogP contribution < -0.4 is 10.0 Å². The molecule has 19 heavy (non-hydrogen) atoms. The minimum Gasteiger partial charge on any atom is -0.480 e. The summed E-state index contributed by atoms with van der Waals surface area (Å²) in [5.74, 6) is -0.795. The second kappa shape index (κ2) is 4.82. The van der Waals surface area contributed by atoms with Gasteiger partial charge in [-0.3, -0.25) is 0 Å². The van der Waals surface area contributed by atoms with Gasteiger partial charge in [0.15, 0.2) is 0 Å². The molecule has 3 N–H and O–H groups in total. The summed E-state index contributed by atoms with van der Waals surface area (Å²) in [6.07, 6.45) is 0.800. The van der Waals surface area contributed by atoms with Gasteiger partial charge in [-0.25, -0.2) is 18.4 Å². The molecular weight excluding hydrogens is 268 g/mol. The largest absolute Gasteiger partial charge is 0.480 e. The summed E-state index contributed by atoms with van der Waals surface area (Å²) in [5.41, 5.74) is 0.698. The van der Waals surface area contributed by atoms with Crippen molar-refractivity contribution in [3.8, 4) is 0 Å². The number of anilines is 1. The van der Waals surface area contributed by atoms with E-state index in [1.165, 1.54) is 12.1 Å². The van der Waals surface area contributed by atoms with E-state index < -0.39 is 22.0 Å². The van der Waals surface area contributed by atoms with Crippen molar-refractivity contribution in [2.24, 2.45) is 11.1 Å². The van der Waals surface area contributed by atoms with Crippen LogP contribution in [-0.2, 0) is 14.8 Å². The number of nitrogens with zero attached hydrogens (tertiary/aromatic N) is 1. The molecule has 7 heteroatoms. The van der Waals surface area contributed by atoms with Crippen LogP contribution >= 0.6 is 0 Å². The van der Waals surface area contributed by atoms with Crippen LogP contribution in [0.15, 0.2) is 29.2 Å². The fraction of sp³-hybridized carbons (Fsp3) is 0.417. The zero-order chi connectivity index (χ0) is 14.2. The summed E-state index contributed by atoms with van der Waals surface area (Å²) < 4.78 is 22.3. The lowest BCUT2D eigenvalue weighted by Crippen LogP contribution is -2.39. The average molecular weight is 284 g/mol. The van der Waals surface area contributed by atoms with Crippen LogP contribution in [-0.4, -0.2) is 32.1 Å². The maximum Gasteiger partial charge on any atom is 0.326 e. The summed E-state index contributed by atoms with van der Waals surface area (Å²) >= 11 is 0. The summed E-state index contributed by atoms with van der Waals surface area (Å²) in [7, 11) is -3.72. The molecule has 0 amide bonds. The fourth-order valence-corrected chi connectivity index (χ4v) is 2.96. The number of primary sulfonamides is 1. The van der Waals surface area contributed by atoms with Gasteiger partial charge in [0, 0.05) is 12.2 Å². The molecule has 104 valence electrons. The van der Waals surface area contributed by atoms with E-state index in [4.69, 9.17) is 5.14 Å². The molecule has 0 saturated carbocycles. The zero-order valence-electron chi connectivity index (χ0n) is 10.5. The molecule has 1 aliphatic heterocycles. The van der Waals surface area contributed by atoms with Gasteiger partial charge in [-0.15, -0.1) is 0 Å². The third-order valence-corrected chi connectivity index (χ3v) is 4.38. The zero-order valence-corrected chi connectivity index (χ0v) is 11.3. The third-order valence-electron chi connectivity index (χ3n) is 3.45. The smallest absolute Gasteiger partial charge is 0.326 e. The number of sulfonamides is 1. The molecule has 1 saturated heterocycles. The number of aliphatic carboxylic acids is 1. The van der Waals surface area contributed by atoms with Crippen molar-refractivity contribution >= 4 is 21.7 Å². The standard InChI is InChI=1S/C12H16N2O4S/c1-8-6-7-14(11(8)12(15)16)9-2-4-10(5-3-9)19(13,17)18/h2-5,8,11H,6-7H2,1H3,(H,15,16)(H2,13,17,18). The highest BCUT2D eigenvalue weighted by Gasteiger charge is 2.36. The molecule has 6 nitrogen and oxygen atoms in total. The van der Waals surface area contributed by atoms with Crippen molar-refractivity contribution in [1.82, 2.24) is 0 Å². The van der Waals surface area contributed by atoms with Crippen molar-refractivity contribution in [2.75, 3.05) is 11.4 Å². The second-order valence-corrected chi connectivity index (χ2v) is 6.34. The van der Waals surface area contributed by atoms with Crippen LogP contribution in [0.4, 0.5) is 5.69 Å². The molecule has 1 heterocycles. The Balaban J connectivity index is 2.30. The Bertz CT molecular complexity index is 582. The number of benzene rings is 1. The maximum atomic E-state index is 11.3. The molecule has 0 spiro atoms. The second-order valence-electron chi connectivity index (χ2n) is 4.78. The van der Waals surface area contributed by atoms with E-state index in [1.54, 1.807) is 17.0 Å². The van der Waals surface area contributed by atoms with Gasteiger partial charge < -0.3 is 10.0 Å². The lowest BCUT2D eigenvalue weighted by Gasteiger charge is -2.25. The highest BCUT2D eigenvalue weighted by atomic mass is 32.2. The Labute approximate surface area is 111 Å². The van der Waals surface area contributed by atoms with Crippen molar-refractivity contribution in [3.63, 3.8) is 0 Å². The van der Waals surface area contributed by atoms with Gasteiger partial charge in [0.05, 0.1) is 4.90 Å². The first-order chi connectivity index (χ1) is 8.80. The number of carboxylic acids is 1.